The van der Waals surface area contributed by atoms with Crippen LogP contribution in [-0.4, -0.2) is 23.6 Å². The molecule has 58 valence electrons. The lowest BCUT2D eigenvalue weighted by atomic mass is 10.0. The van der Waals surface area contributed by atoms with Gasteiger partial charge in [-0.1, -0.05) is 0 Å². The summed E-state index contributed by atoms with van der Waals surface area (Å²) in [5, 5.41) is 0. The van der Waals surface area contributed by atoms with Crippen LogP contribution >= 0.6 is 11.8 Å². The van der Waals surface area contributed by atoms with Crippen molar-refractivity contribution < 1.29 is 4.79 Å². The monoisotopic (exact) mass is 159 g/mol. The zero-order valence-electron chi connectivity index (χ0n) is 6.68. The van der Waals surface area contributed by atoms with E-state index in [1.165, 1.54) is 0 Å². The molecule has 0 amide bonds. The highest BCUT2D eigenvalue weighted by Crippen LogP contribution is 2.15. The lowest BCUT2D eigenvalue weighted by Gasteiger charge is -2.15. The summed E-state index contributed by atoms with van der Waals surface area (Å²) in [5.74, 6) is 1.04. The molecule has 0 atom stereocenters. The van der Waals surface area contributed by atoms with Crippen molar-refractivity contribution in [2.24, 2.45) is 4.99 Å². The number of nitrogens with zero attached hydrogens (tertiary/aromatic N) is 1. The van der Waals surface area contributed by atoms with E-state index in [1.54, 1.807) is 17.8 Å². The number of carbonyl (C=O) groups excluding carboxylic acids is 1. The molecule has 0 aromatic rings. The summed E-state index contributed by atoms with van der Waals surface area (Å²) >= 11 is 1.76. The highest BCUT2D eigenvalue weighted by molar-refractivity contribution is 7.98. The molecule has 0 fully saturated rings. The summed E-state index contributed by atoms with van der Waals surface area (Å²) in [6, 6.07) is 0. The van der Waals surface area contributed by atoms with E-state index >= 15 is 0 Å². The largest absolute Gasteiger partial charge is 0.235 e. The van der Waals surface area contributed by atoms with Crippen LogP contribution in [0.5, 0.6) is 0 Å². The highest BCUT2D eigenvalue weighted by Gasteiger charge is 2.14. The third kappa shape index (κ3) is 4.59. The number of thioether (sulfide) groups is 1. The van der Waals surface area contributed by atoms with Crippen molar-refractivity contribution in [1.82, 2.24) is 0 Å². The van der Waals surface area contributed by atoms with Crippen molar-refractivity contribution in [1.29, 1.82) is 0 Å². The third-order valence-corrected chi connectivity index (χ3v) is 1.88. The van der Waals surface area contributed by atoms with Gasteiger partial charge in [0.25, 0.3) is 0 Å². The summed E-state index contributed by atoms with van der Waals surface area (Å²) in [6.07, 6.45) is 4.56. The van der Waals surface area contributed by atoms with E-state index in [-0.39, 0.29) is 5.54 Å². The van der Waals surface area contributed by atoms with Gasteiger partial charge in [0.05, 0.1) is 5.54 Å². The number of hydrogen-bond donors (Lipinski definition) is 0. The van der Waals surface area contributed by atoms with Gasteiger partial charge < -0.3 is 0 Å². The summed E-state index contributed by atoms with van der Waals surface area (Å²) in [4.78, 5) is 13.6. The van der Waals surface area contributed by atoms with Crippen molar-refractivity contribution in [3.8, 4) is 0 Å². The van der Waals surface area contributed by atoms with Gasteiger partial charge in [0.1, 0.15) is 0 Å². The van der Waals surface area contributed by atoms with Gasteiger partial charge in [-0.05, 0) is 32.3 Å². The fourth-order valence-electron chi connectivity index (χ4n) is 0.531. The lowest BCUT2D eigenvalue weighted by Crippen LogP contribution is -2.16. The first-order valence-electron chi connectivity index (χ1n) is 3.20. The summed E-state index contributed by atoms with van der Waals surface area (Å²) < 4.78 is 0. The predicted molar refractivity (Wildman–Crippen MR) is 45.2 cm³/mol. The molecular formula is C7H13NOS. The van der Waals surface area contributed by atoms with Crippen molar-refractivity contribution in [3.63, 3.8) is 0 Å². The molecule has 0 saturated heterocycles. The number of hydrogen-bond acceptors (Lipinski definition) is 3. The fraction of sp³-hybridized carbons (Fsp3) is 0.857. The SMILES string of the molecule is CSCCC(C)(C)N=C=O. The molecule has 3 heteroatoms. The Balaban J connectivity index is 3.74. The zero-order chi connectivity index (χ0) is 8.04. The van der Waals surface area contributed by atoms with Gasteiger partial charge in [0, 0.05) is 0 Å². The molecule has 10 heavy (non-hydrogen) atoms. The lowest BCUT2D eigenvalue weighted by molar-refractivity contribution is 0.493. The third-order valence-electron chi connectivity index (χ3n) is 1.27. The van der Waals surface area contributed by atoms with Gasteiger partial charge in [-0.2, -0.15) is 16.8 Å². The first kappa shape index (κ1) is 9.73. The van der Waals surface area contributed by atoms with Crippen molar-refractivity contribution in [3.05, 3.63) is 0 Å². The number of aliphatic imine (C=N–C) groups is 1. The molecule has 0 unspecified atom stereocenters. The fourth-order valence-corrected chi connectivity index (χ4v) is 1.23. The van der Waals surface area contributed by atoms with E-state index in [2.05, 4.69) is 4.99 Å². The Morgan fingerprint density at radius 2 is 2.20 bits per heavy atom. The maximum absolute atomic E-state index is 9.89. The van der Waals surface area contributed by atoms with Crippen LogP contribution in [0.2, 0.25) is 0 Å². The molecule has 0 spiro atoms. The van der Waals surface area contributed by atoms with Crippen LogP contribution in [0.25, 0.3) is 0 Å². The normalized spacial score (nSPS) is 10.7. The van der Waals surface area contributed by atoms with Gasteiger partial charge in [0.15, 0.2) is 0 Å². The van der Waals surface area contributed by atoms with Crippen LogP contribution in [0.4, 0.5) is 0 Å². The molecule has 0 aliphatic rings. The van der Waals surface area contributed by atoms with Crippen LogP contribution in [-0.2, 0) is 4.79 Å². The van der Waals surface area contributed by atoms with Crippen molar-refractivity contribution >= 4 is 17.8 Å². The molecule has 0 aromatic heterocycles. The van der Waals surface area contributed by atoms with Crippen molar-refractivity contribution in [2.45, 2.75) is 25.8 Å². The van der Waals surface area contributed by atoms with Crippen LogP contribution in [0.3, 0.4) is 0 Å². The predicted octanol–water partition coefficient (Wildman–Crippen LogP) is 1.85. The highest BCUT2D eigenvalue weighted by atomic mass is 32.2. The standard InChI is InChI=1S/C7H13NOS/c1-7(2,8-6-9)4-5-10-3/h4-5H2,1-3H3. The minimum Gasteiger partial charge on any atom is -0.211 e. The molecule has 0 aliphatic carbocycles. The second kappa shape index (κ2) is 4.53. The second-order valence-corrected chi connectivity index (χ2v) is 3.74. The molecule has 0 bridgehead atoms. The summed E-state index contributed by atoms with van der Waals surface area (Å²) in [5.41, 5.74) is -0.218. The first-order valence-corrected chi connectivity index (χ1v) is 4.60. The van der Waals surface area contributed by atoms with Gasteiger partial charge in [-0.25, -0.2) is 4.79 Å². The van der Waals surface area contributed by atoms with E-state index in [4.69, 9.17) is 0 Å². The molecule has 0 rings (SSSR count). The van der Waals surface area contributed by atoms with Crippen molar-refractivity contribution in [2.75, 3.05) is 12.0 Å². The minimum atomic E-state index is -0.218. The van der Waals surface area contributed by atoms with Crippen LogP contribution in [0.15, 0.2) is 4.99 Å². The molecule has 0 aliphatic heterocycles. The molecule has 0 radical (unpaired) electrons. The topological polar surface area (TPSA) is 29.4 Å². The molecule has 0 aromatic carbocycles. The minimum absolute atomic E-state index is 0.218. The van der Waals surface area contributed by atoms with Gasteiger partial charge in [-0.15, -0.1) is 0 Å². The van der Waals surface area contributed by atoms with E-state index < -0.39 is 0 Å². The molecule has 0 saturated carbocycles. The van der Waals surface area contributed by atoms with E-state index in [0.29, 0.717) is 0 Å². The average molecular weight is 159 g/mol. The Morgan fingerprint density at radius 1 is 1.60 bits per heavy atom. The van der Waals surface area contributed by atoms with E-state index in [0.717, 1.165) is 12.2 Å². The summed E-state index contributed by atoms with van der Waals surface area (Å²) in [7, 11) is 0. The van der Waals surface area contributed by atoms with Crippen LogP contribution < -0.4 is 0 Å². The van der Waals surface area contributed by atoms with Gasteiger partial charge in [-0.3, -0.25) is 0 Å². The Bertz CT molecular complexity index is 139. The molecular weight excluding hydrogens is 146 g/mol. The van der Waals surface area contributed by atoms with E-state index in [1.807, 2.05) is 20.1 Å². The quantitative estimate of drug-likeness (QED) is 0.463. The van der Waals surface area contributed by atoms with Crippen LogP contribution in [0.1, 0.15) is 20.3 Å². The van der Waals surface area contributed by atoms with Crippen LogP contribution in [0, 0.1) is 0 Å². The Hall–Kier alpha value is -0.270. The Kier molecular flexibility index (Phi) is 4.41. The van der Waals surface area contributed by atoms with Gasteiger partial charge >= 0.3 is 0 Å². The average Bonchev–Trinajstić information content (AvgIpc) is 1.84. The smallest absolute Gasteiger partial charge is 0.211 e. The summed E-state index contributed by atoms with van der Waals surface area (Å²) in [6.45, 7) is 3.88. The zero-order valence-corrected chi connectivity index (χ0v) is 7.49. The number of isocyanates is 1. The molecule has 0 N–H and O–H groups in total. The molecule has 2 nitrogen and oxygen atoms in total. The van der Waals surface area contributed by atoms with E-state index in [9.17, 15) is 4.79 Å². The second-order valence-electron chi connectivity index (χ2n) is 2.76. The van der Waals surface area contributed by atoms with Gasteiger partial charge in [0.2, 0.25) is 6.08 Å². The Labute approximate surface area is 66.1 Å². The first-order chi connectivity index (χ1) is 4.62. The molecule has 0 heterocycles. The maximum Gasteiger partial charge on any atom is 0.235 e. The maximum atomic E-state index is 9.89. The number of rotatable bonds is 4. The Morgan fingerprint density at radius 3 is 2.60 bits per heavy atom.